The van der Waals surface area contributed by atoms with Crippen molar-refractivity contribution in [2.45, 2.75) is 140 Å². The van der Waals surface area contributed by atoms with Gasteiger partial charge in [0.2, 0.25) is 0 Å². The number of aryl methyl sites for hydroxylation is 2. The molecule has 60 heavy (non-hydrogen) atoms. The van der Waals surface area contributed by atoms with Crippen LogP contribution in [0.2, 0.25) is 0 Å². The summed E-state index contributed by atoms with van der Waals surface area (Å²) in [4.78, 5) is 10.7. The summed E-state index contributed by atoms with van der Waals surface area (Å²) in [7, 11) is -7.85. The lowest BCUT2D eigenvalue weighted by Gasteiger charge is -2.10. The van der Waals surface area contributed by atoms with Gasteiger partial charge in [-0.15, -0.1) is 68.0 Å². The Morgan fingerprint density at radius 2 is 0.683 bits per heavy atom. The lowest BCUT2D eigenvalue weighted by Crippen LogP contribution is -2.11. The molecule has 0 saturated carbocycles. The van der Waals surface area contributed by atoms with Crippen LogP contribution in [0.25, 0.3) is 48.8 Å². The van der Waals surface area contributed by atoms with Crippen LogP contribution in [0.4, 0.5) is 11.4 Å². The van der Waals surface area contributed by atoms with Crippen molar-refractivity contribution in [3.05, 3.63) is 58.3 Å². The monoisotopic (exact) mass is 960 g/mol. The standard InChI is InChI=1S/C46H60N2O4S8/c1-5-7-9-11-13-15-17-19-29-59(49,50)45-39(47)41(37-27-25-35(55-37)33-23-21-31(3)53-33)57-43(45)44-46(60(51,52)30-20-18-16-14-12-10-8-6-2)40(48)42(58-44)38-28-26-36(56-38)34-24-22-32(4)54-34/h21-28H,5-20,29-30,47-48H2,1-4H3. The summed E-state index contributed by atoms with van der Waals surface area (Å²) in [5, 5.41) is 0. The molecular formula is C46H60N2O4S8. The minimum Gasteiger partial charge on any atom is -0.396 e. The van der Waals surface area contributed by atoms with E-state index in [1.54, 1.807) is 45.3 Å². The van der Waals surface area contributed by atoms with E-state index in [2.05, 4.69) is 64.1 Å². The number of hydrogen-bond donors (Lipinski definition) is 2. The maximum atomic E-state index is 14.7. The van der Waals surface area contributed by atoms with E-state index < -0.39 is 19.7 Å². The average Bonchev–Trinajstić information content (AvgIpc) is 4.07. The summed E-state index contributed by atoms with van der Waals surface area (Å²) >= 11 is 9.15. The molecule has 0 fully saturated rings. The van der Waals surface area contributed by atoms with E-state index in [0.29, 0.717) is 32.4 Å². The zero-order valence-electron chi connectivity index (χ0n) is 35.4. The number of hydrogen-bond acceptors (Lipinski definition) is 12. The van der Waals surface area contributed by atoms with Gasteiger partial charge >= 0.3 is 0 Å². The molecule has 6 heterocycles. The van der Waals surface area contributed by atoms with Gasteiger partial charge in [-0.25, -0.2) is 16.8 Å². The predicted molar refractivity (Wildman–Crippen MR) is 269 cm³/mol. The zero-order chi connectivity index (χ0) is 42.9. The molecule has 0 bridgehead atoms. The Morgan fingerprint density at radius 1 is 0.383 bits per heavy atom. The van der Waals surface area contributed by atoms with Gasteiger partial charge in [-0.2, -0.15) is 0 Å². The fourth-order valence-electron chi connectivity index (χ4n) is 7.51. The lowest BCUT2D eigenvalue weighted by atomic mass is 10.1. The molecule has 6 rings (SSSR count). The van der Waals surface area contributed by atoms with Crippen LogP contribution in [0.3, 0.4) is 0 Å². The molecule has 0 amide bonds. The van der Waals surface area contributed by atoms with E-state index in [0.717, 1.165) is 80.6 Å². The van der Waals surface area contributed by atoms with Crippen LogP contribution in [0, 0.1) is 13.8 Å². The summed E-state index contributed by atoms with van der Waals surface area (Å²) in [6.45, 7) is 8.57. The first-order chi connectivity index (χ1) is 28.8. The van der Waals surface area contributed by atoms with Gasteiger partial charge in [-0.05, 0) is 75.2 Å². The van der Waals surface area contributed by atoms with Crippen LogP contribution in [-0.4, -0.2) is 28.3 Å². The van der Waals surface area contributed by atoms with Crippen LogP contribution in [0.1, 0.15) is 126 Å². The zero-order valence-corrected chi connectivity index (χ0v) is 41.9. The molecule has 4 N–H and O–H groups in total. The first-order valence-corrected chi connectivity index (χ1v) is 29.7. The SMILES string of the molecule is CCCCCCCCCCS(=O)(=O)c1c(-c2sc(-c3ccc(-c4ccc(C)s4)s3)c(N)c2S(=O)(=O)CCCCCCCCCC)sc(-c2ccc(-c3ccc(C)s3)s2)c1N. The number of sulfone groups is 2. The molecule has 0 atom stereocenters. The van der Waals surface area contributed by atoms with E-state index >= 15 is 0 Å². The number of thiophene rings is 6. The smallest absolute Gasteiger partial charge is 0.181 e. The third kappa shape index (κ3) is 11.6. The second-order valence-electron chi connectivity index (χ2n) is 15.7. The molecule has 0 aromatic carbocycles. The number of anilines is 2. The molecule has 6 aromatic heterocycles. The third-order valence-corrected chi connectivity index (χ3v) is 22.3. The Labute approximate surface area is 383 Å². The second-order valence-corrected chi connectivity index (χ2v) is 26.6. The molecule has 0 aliphatic carbocycles. The van der Waals surface area contributed by atoms with Crippen LogP contribution >= 0.6 is 68.0 Å². The summed E-state index contributed by atoms with van der Waals surface area (Å²) in [5.41, 5.74) is 14.4. The normalized spacial score (nSPS) is 12.3. The van der Waals surface area contributed by atoms with E-state index in [1.807, 2.05) is 12.1 Å². The molecule has 0 spiro atoms. The average molecular weight is 962 g/mol. The number of unbranched alkanes of at least 4 members (excludes halogenated alkanes) is 14. The van der Waals surface area contributed by atoms with Crippen molar-refractivity contribution in [2.24, 2.45) is 0 Å². The quantitative estimate of drug-likeness (QED) is 0.0552. The Bertz CT molecular complexity index is 2350. The first kappa shape index (κ1) is 47.2. The Morgan fingerprint density at radius 3 is 1.02 bits per heavy atom. The van der Waals surface area contributed by atoms with Gasteiger partial charge in [0.1, 0.15) is 9.79 Å². The topological polar surface area (TPSA) is 120 Å². The van der Waals surface area contributed by atoms with Gasteiger partial charge in [0, 0.05) is 39.0 Å². The molecule has 0 aliphatic heterocycles. The second kappa shape index (κ2) is 21.9. The van der Waals surface area contributed by atoms with E-state index in [1.165, 1.54) is 71.0 Å². The fourth-order valence-corrected chi connectivity index (χ4v) is 18.6. The lowest BCUT2D eigenvalue weighted by molar-refractivity contribution is 0.572. The minimum absolute atomic E-state index is 0.0459. The largest absolute Gasteiger partial charge is 0.396 e. The molecule has 6 aromatic rings. The Kier molecular flexibility index (Phi) is 17.2. The van der Waals surface area contributed by atoms with Crippen molar-refractivity contribution in [2.75, 3.05) is 23.0 Å². The molecule has 326 valence electrons. The first-order valence-electron chi connectivity index (χ1n) is 21.5. The number of nitrogen functional groups attached to an aromatic ring is 2. The molecule has 14 heteroatoms. The summed E-state index contributed by atoms with van der Waals surface area (Å²) in [6, 6.07) is 16.5. The van der Waals surface area contributed by atoms with E-state index in [9.17, 15) is 16.8 Å². The Hall–Kier alpha value is -2.30. The highest BCUT2D eigenvalue weighted by Gasteiger charge is 2.36. The summed E-state index contributed by atoms with van der Waals surface area (Å²) in [5.74, 6) is -0.107. The van der Waals surface area contributed by atoms with Gasteiger partial charge in [0.15, 0.2) is 19.7 Å². The minimum atomic E-state index is -3.93. The molecular weight excluding hydrogens is 901 g/mol. The van der Waals surface area contributed by atoms with Crippen LogP contribution < -0.4 is 11.5 Å². The molecule has 0 saturated heterocycles. The van der Waals surface area contributed by atoms with Gasteiger partial charge < -0.3 is 11.5 Å². The maximum absolute atomic E-state index is 14.7. The van der Waals surface area contributed by atoms with Crippen molar-refractivity contribution >= 4 is 99.1 Å². The highest BCUT2D eigenvalue weighted by molar-refractivity contribution is 7.92. The summed E-state index contributed by atoms with van der Waals surface area (Å²) < 4.78 is 58.7. The van der Waals surface area contributed by atoms with Crippen molar-refractivity contribution in [3.8, 4) is 48.8 Å². The number of rotatable bonds is 25. The predicted octanol–water partition coefficient (Wildman–Crippen LogP) is 16.0. The van der Waals surface area contributed by atoms with Gasteiger partial charge in [-0.3, -0.25) is 0 Å². The highest BCUT2D eigenvalue weighted by atomic mass is 32.2. The molecule has 0 radical (unpaired) electrons. The van der Waals surface area contributed by atoms with Crippen LogP contribution in [-0.2, 0) is 19.7 Å². The maximum Gasteiger partial charge on any atom is 0.181 e. The van der Waals surface area contributed by atoms with E-state index in [4.69, 9.17) is 11.5 Å². The van der Waals surface area contributed by atoms with Gasteiger partial charge in [-0.1, -0.05) is 104 Å². The van der Waals surface area contributed by atoms with E-state index in [-0.39, 0.29) is 32.7 Å². The van der Waals surface area contributed by atoms with Crippen LogP contribution in [0.5, 0.6) is 0 Å². The molecule has 0 aliphatic rings. The van der Waals surface area contributed by atoms with Crippen molar-refractivity contribution < 1.29 is 16.8 Å². The van der Waals surface area contributed by atoms with Gasteiger partial charge in [0.05, 0.1) is 42.4 Å². The van der Waals surface area contributed by atoms with Crippen molar-refractivity contribution in [1.29, 1.82) is 0 Å². The fraction of sp³-hybridized carbons (Fsp3) is 0.478. The Balaban J connectivity index is 1.42. The summed E-state index contributed by atoms with van der Waals surface area (Å²) in [6.07, 6.45) is 16.4. The van der Waals surface area contributed by atoms with Crippen LogP contribution in [0.15, 0.2) is 58.3 Å². The molecule has 6 nitrogen and oxygen atoms in total. The van der Waals surface area contributed by atoms with Crippen molar-refractivity contribution in [1.82, 2.24) is 0 Å². The molecule has 0 unspecified atom stereocenters. The third-order valence-electron chi connectivity index (χ3n) is 10.8. The van der Waals surface area contributed by atoms with Crippen molar-refractivity contribution in [3.63, 3.8) is 0 Å². The number of nitrogens with two attached hydrogens (primary N) is 2. The highest BCUT2D eigenvalue weighted by Crippen LogP contribution is 2.56. The van der Waals surface area contributed by atoms with Gasteiger partial charge in [0.25, 0.3) is 0 Å².